The maximum Gasteiger partial charge on any atom is 0.335 e. The van der Waals surface area contributed by atoms with Crippen LogP contribution in [0.5, 0.6) is 0 Å². The molecule has 0 aromatic carbocycles. The van der Waals surface area contributed by atoms with Crippen molar-refractivity contribution in [2.45, 2.75) is 45.4 Å². The van der Waals surface area contributed by atoms with Crippen LogP contribution in [0.25, 0.3) is 0 Å². The van der Waals surface area contributed by atoms with Gasteiger partial charge in [0.2, 0.25) is 0 Å². The van der Waals surface area contributed by atoms with Gasteiger partial charge in [-0.15, -0.1) is 6.58 Å². The summed E-state index contributed by atoms with van der Waals surface area (Å²) in [6.07, 6.45) is 21.0. The van der Waals surface area contributed by atoms with Gasteiger partial charge in [-0.1, -0.05) is 50.1 Å². The minimum Gasteiger partial charge on any atom is -0.460 e. The van der Waals surface area contributed by atoms with Crippen molar-refractivity contribution in [1.29, 1.82) is 0 Å². The molecule has 0 aliphatic rings. The topological polar surface area (TPSA) is 61.8 Å². The number of esters is 2. The Balaban J connectivity index is 3.67. The van der Waals surface area contributed by atoms with Gasteiger partial charge in [-0.2, -0.15) is 0 Å². The average molecular weight is 376 g/mol. The first-order chi connectivity index (χ1) is 13.2. The fourth-order valence-electron chi connectivity index (χ4n) is 1.79. The van der Waals surface area contributed by atoms with Crippen molar-refractivity contribution in [3.05, 3.63) is 61.4 Å². The lowest BCUT2D eigenvalue weighted by Crippen LogP contribution is -2.09. The Kier molecular flexibility index (Phi) is 18.1. The lowest BCUT2D eigenvalue weighted by atomic mass is 10.2. The van der Waals surface area contributed by atoms with Crippen molar-refractivity contribution in [1.82, 2.24) is 0 Å². The molecule has 0 atom stereocenters. The molecule has 0 aliphatic heterocycles. The molecule has 0 saturated carbocycles. The molecule has 0 N–H and O–H groups in total. The van der Waals surface area contributed by atoms with Gasteiger partial charge in [-0.05, 0) is 31.8 Å². The molecule has 0 spiro atoms. The fourth-order valence-corrected chi connectivity index (χ4v) is 1.79. The summed E-state index contributed by atoms with van der Waals surface area (Å²) in [6.45, 7) is 6.70. The number of ether oxygens (including phenoxy) is 3. The van der Waals surface area contributed by atoms with E-state index in [1.165, 1.54) is 6.26 Å². The monoisotopic (exact) mass is 376 g/mol. The molecule has 0 aromatic heterocycles. The zero-order valence-electron chi connectivity index (χ0n) is 16.3. The van der Waals surface area contributed by atoms with E-state index in [-0.39, 0.29) is 6.61 Å². The van der Waals surface area contributed by atoms with Crippen molar-refractivity contribution in [3.63, 3.8) is 0 Å². The first kappa shape index (κ1) is 24.6. The first-order valence-corrected chi connectivity index (χ1v) is 9.41. The van der Waals surface area contributed by atoms with Crippen molar-refractivity contribution in [2.24, 2.45) is 0 Å². The predicted molar refractivity (Wildman–Crippen MR) is 108 cm³/mol. The molecule has 0 aliphatic carbocycles. The lowest BCUT2D eigenvalue weighted by Gasteiger charge is -2.02. The van der Waals surface area contributed by atoms with Crippen LogP contribution in [0.2, 0.25) is 0 Å². The van der Waals surface area contributed by atoms with E-state index in [0.29, 0.717) is 13.2 Å². The van der Waals surface area contributed by atoms with Crippen molar-refractivity contribution >= 4 is 11.9 Å². The molecule has 0 saturated heterocycles. The zero-order chi connectivity index (χ0) is 20.0. The molecular formula is C22H32O5. The number of carbonyl (C=O) groups excluding carboxylic acids is 2. The summed E-state index contributed by atoms with van der Waals surface area (Å²) in [5.74, 6) is -1.25. The first-order valence-electron chi connectivity index (χ1n) is 9.41. The summed E-state index contributed by atoms with van der Waals surface area (Å²) in [5.41, 5.74) is 0. The molecule has 0 rings (SSSR count). The predicted octanol–water partition coefficient (Wildman–Crippen LogP) is 4.82. The van der Waals surface area contributed by atoms with Crippen LogP contribution in [0, 0.1) is 0 Å². The third kappa shape index (κ3) is 19.8. The molecule has 0 aromatic rings. The second kappa shape index (κ2) is 19.9. The molecule has 0 fully saturated rings. The highest BCUT2D eigenvalue weighted by Crippen LogP contribution is 1.97. The molecule has 0 unspecified atom stereocenters. The summed E-state index contributed by atoms with van der Waals surface area (Å²) >= 11 is 0. The number of carbonyl (C=O) groups is 2. The van der Waals surface area contributed by atoms with Crippen LogP contribution in [0.4, 0.5) is 0 Å². The second-order valence-electron chi connectivity index (χ2n) is 5.60. The number of allylic oxidation sites excluding steroid dienone is 5. The van der Waals surface area contributed by atoms with Crippen LogP contribution in [0.3, 0.4) is 0 Å². The van der Waals surface area contributed by atoms with Gasteiger partial charge in [-0.3, -0.25) is 0 Å². The van der Waals surface area contributed by atoms with Crippen LogP contribution in [-0.2, 0) is 23.8 Å². The lowest BCUT2D eigenvalue weighted by molar-refractivity contribution is -0.140. The Morgan fingerprint density at radius 2 is 1.67 bits per heavy atom. The number of unbranched alkanes of at least 4 members (excludes halogenated alkanes) is 4. The average Bonchev–Trinajstić information content (AvgIpc) is 2.67. The highest BCUT2D eigenvalue weighted by Gasteiger charge is 1.99. The zero-order valence-corrected chi connectivity index (χ0v) is 16.3. The number of hydrogen-bond donors (Lipinski definition) is 0. The van der Waals surface area contributed by atoms with E-state index in [9.17, 15) is 9.59 Å². The van der Waals surface area contributed by atoms with Crippen molar-refractivity contribution in [3.8, 4) is 0 Å². The summed E-state index contributed by atoms with van der Waals surface area (Å²) in [4.78, 5) is 22.8. The molecule has 5 heteroatoms. The van der Waals surface area contributed by atoms with Gasteiger partial charge in [-0.25, -0.2) is 9.59 Å². The van der Waals surface area contributed by atoms with Crippen molar-refractivity contribution < 1.29 is 23.8 Å². The molecule has 27 heavy (non-hydrogen) atoms. The largest absolute Gasteiger partial charge is 0.460 e. The van der Waals surface area contributed by atoms with E-state index < -0.39 is 11.9 Å². The molecule has 0 bridgehead atoms. The third-order valence-corrected chi connectivity index (χ3v) is 3.22. The number of hydrogen-bond acceptors (Lipinski definition) is 5. The quantitative estimate of drug-likeness (QED) is 0.0965. The summed E-state index contributed by atoms with van der Waals surface area (Å²) in [5, 5.41) is 0. The molecule has 5 nitrogen and oxygen atoms in total. The third-order valence-electron chi connectivity index (χ3n) is 3.22. The smallest absolute Gasteiger partial charge is 0.335 e. The summed E-state index contributed by atoms with van der Waals surface area (Å²) < 4.78 is 15.0. The molecular weight excluding hydrogens is 344 g/mol. The number of rotatable bonds is 16. The van der Waals surface area contributed by atoms with Crippen LogP contribution in [0.15, 0.2) is 61.4 Å². The van der Waals surface area contributed by atoms with Crippen LogP contribution in [0.1, 0.15) is 45.4 Å². The van der Waals surface area contributed by atoms with Gasteiger partial charge < -0.3 is 14.2 Å². The van der Waals surface area contributed by atoms with Crippen molar-refractivity contribution in [2.75, 3.05) is 19.8 Å². The molecule has 0 amide bonds. The van der Waals surface area contributed by atoms with Gasteiger partial charge in [0.15, 0.2) is 0 Å². The van der Waals surface area contributed by atoms with E-state index in [4.69, 9.17) is 14.2 Å². The summed E-state index contributed by atoms with van der Waals surface area (Å²) in [6, 6.07) is 0. The van der Waals surface area contributed by atoms with E-state index in [2.05, 4.69) is 19.6 Å². The van der Waals surface area contributed by atoms with Gasteiger partial charge in [0.05, 0.1) is 19.5 Å². The minimum atomic E-state index is -0.636. The Morgan fingerprint density at radius 1 is 0.889 bits per heavy atom. The second-order valence-corrected chi connectivity index (χ2v) is 5.60. The standard InChI is InChI=1S/C22H32O5/c1-3-5-7-9-11-13-17-25-19-20-27-22(24)16-15-21(23)26-18-14-12-10-8-6-4-2/h3,10-16,18H,1,4-9,17,19-20H2,2H3. The molecule has 150 valence electrons. The maximum absolute atomic E-state index is 11.4. The molecule has 0 radical (unpaired) electrons. The normalized spacial score (nSPS) is 11.7. The highest BCUT2D eigenvalue weighted by atomic mass is 16.6. The minimum absolute atomic E-state index is 0.130. The van der Waals surface area contributed by atoms with Gasteiger partial charge in [0.1, 0.15) is 6.61 Å². The maximum atomic E-state index is 11.4. The van der Waals surface area contributed by atoms with Crippen LogP contribution >= 0.6 is 0 Å². The van der Waals surface area contributed by atoms with E-state index in [0.717, 1.165) is 50.7 Å². The van der Waals surface area contributed by atoms with E-state index in [1.54, 1.807) is 6.08 Å². The summed E-state index contributed by atoms with van der Waals surface area (Å²) in [7, 11) is 0. The molecule has 0 heterocycles. The van der Waals surface area contributed by atoms with Gasteiger partial charge in [0.25, 0.3) is 0 Å². The Hall–Kier alpha value is -2.40. The Morgan fingerprint density at radius 3 is 2.44 bits per heavy atom. The van der Waals surface area contributed by atoms with E-state index >= 15 is 0 Å². The van der Waals surface area contributed by atoms with Gasteiger partial charge >= 0.3 is 11.9 Å². The van der Waals surface area contributed by atoms with Gasteiger partial charge in [0, 0.05) is 12.2 Å². The Bertz CT molecular complexity index is 515. The Labute approximate surface area is 163 Å². The highest BCUT2D eigenvalue weighted by molar-refractivity contribution is 5.91. The van der Waals surface area contributed by atoms with E-state index in [1.807, 2.05) is 24.3 Å². The van der Waals surface area contributed by atoms with Crippen LogP contribution < -0.4 is 0 Å². The van der Waals surface area contributed by atoms with Crippen LogP contribution in [-0.4, -0.2) is 31.8 Å². The SMILES string of the molecule is C=CCCCC=CCOCCOC(=O)C=CC(=O)OC=CC=CCCCC. The fraction of sp³-hybridized carbons (Fsp3) is 0.455.